The van der Waals surface area contributed by atoms with Crippen LogP contribution in [0.25, 0.3) is 11.3 Å². The van der Waals surface area contributed by atoms with Crippen molar-refractivity contribution in [2.45, 2.75) is 32.6 Å². The molecule has 4 rings (SSSR count). The number of aromatic nitrogens is 1. The molecule has 0 N–H and O–H groups in total. The number of carbonyl (C=O) groups excluding carboxylic acids is 3. The van der Waals surface area contributed by atoms with Gasteiger partial charge in [-0.05, 0) is 44.7 Å². The van der Waals surface area contributed by atoms with Crippen LogP contribution in [0.4, 0.5) is 0 Å². The molecule has 1 atom stereocenters. The van der Waals surface area contributed by atoms with Crippen LogP contribution in [0, 0.1) is 11.8 Å². The number of esters is 1. The van der Waals surface area contributed by atoms with Crippen molar-refractivity contribution in [1.82, 2.24) is 14.8 Å². The molecule has 7 nitrogen and oxygen atoms in total. The van der Waals surface area contributed by atoms with Gasteiger partial charge in [0.2, 0.25) is 5.91 Å². The minimum absolute atomic E-state index is 0.0270. The molecule has 2 aromatic rings. The lowest BCUT2D eigenvalue weighted by Gasteiger charge is -2.37. The quantitative estimate of drug-likeness (QED) is 0.654. The Morgan fingerprint density at radius 3 is 2.45 bits per heavy atom. The number of likely N-dealkylation sites (tertiary alicyclic amines) is 2. The van der Waals surface area contributed by atoms with Crippen molar-refractivity contribution >= 4 is 17.8 Å². The summed E-state index contributed by atoms with van der Waals surface area (Å²) in [4.78, 5) is 46.3. The molecule has 0 saturated carbocycles. The fourth-order valence-electron chi connectivity index (χ4n) is 4.73. The third-order valence-electron chi connectivity index (χ3n) is 6.56. The molecule has 33 heavy (non-hydrogen) atoms. The van der Waals surface area contributed by atoms with Crippen molar-refractivity contribution in [3.05, 3.63) is 54.2 Å². The van der Waals surface area contributed by atoms with Crippen LogP contribution in [0.2, 0.25) is 0 Å². The van der Waals surface area contributed by atoms with E-state index in [1.807, 2.05) is 46.2 Å². The van der Waals surface area contributed by atoms with E-state index in [9.17, 15) is 14.4 Å². The number of pyridine rings is 1. The SMILES string of the molecule is CCOC(=O)[C@H]1CCCN(C(=O)C2CCN(C(=O)c3ccnc(-c4ccccc4)c3)CC2)C1. The lowest BCUT2D eigenvalue weighted by molar-refractivity contribution is -0.152. The summed E-state index contributed by atoms with van der Waals surface area (Å²) in [6.45, 7) is 4.39. The van der Waals surface area contributed by atoms with Crippen LogP contribution in [0.5, 0.6) is 0 Å². The zero-order valence-corrected chi connectivity index (χ0v) is 19.1. The predicted molar refractivity (Wildman–Crippen MR) is 124 cm³/mol. The standard InChI is InChI=1S/C26H31N3O4/c1-2-33-26(32)22-9-6-14-29(18-22)24(30)20-11-15-28(16-12-20)25(31)21-10-13-27-23(17-21)19-7-4-3-5-8-19/h3-5,7-8,10,13,17,20,22H,2,6,9,11-12,14-16,18H2,1H3/t22-/m0/s1. The van der Waals surface area contributed by atoms with Crippen molar-refractivity contribution in [2.24, 2.45) is 11.8 Å². The third kappa shape index (κ3) is 5.41. The number of hydrogen-bond acceptors (Lipinski definition) is 5. The van der Waals surface area contributed by atoms with E-state index < -0.39 is 0 Å². The van der Waals surface area contributed by atoms with Crippen LogP contribution in [0.3, 0.4) is 0 Å². The molecule has 0 spiro atoms. The highest BCUT2D eigenvalue weighted by Gasteiger charge is 2.34. The molecule has 2 aliphatic rings. The predicted octanol–water partition coefficient (Wildman–Crippen LogP) is 3.40. The smallest absolute Gasteiger partial charge is 0.310 e. The molecule has 174 valence electrons. The van der Waals surface area contributed by atoms with Gasteiger partial charge in [-0.2, -0.15) is 0 Å². The Morgan fingerprint density at radius 2 is 1.73 bits per heavy atom. The first-order chi connectivity index (χ1) is 16.1. The normalized spacial score (nSPS) is 19.2. The van der Waals surface area contributed by atoms with E-state index in [1.165, 1.54) is 0 Å². The fraction of sp³-hybridized carbons (Fsp3) is 0.462. The van der Waals surface area contributed by atoms with Crippen molar-refractivity contribution in [3.8, 4) is 11.3 Å². The summed E-state index contributed by atoms with van der Waals surface area (Å²) < 4.78 is 5.15. The van der Waals surface area contributed by atoms with Crippen molar-refractivity contribution < 1.29 is 19.1 Å². The molecular weight excluding hydrogens is 418 g/mol. The lowest BCUT2D eigenvalue weighted by Crippen LogP contribution is -2.48. The maximum absolute atomic E-state index is 13.1. The Bertz CT molecular complexity index is 986. The Hall–Kier alpha value is -3.22. The number of rotatable bonds is 5. The summed E-state index contributed by atoms with van der Waals surface area (Å²) in [6.07, 6.45) is 4.54. The van der Waals surface area contributed by atoms with Gasteiger partial charge < -0.3 is 14.5 Å². The van der Waals surface area contributed by atoms with E-state index in [4.69, 9.17) is 4.74 Å². The summed E-state index contributed by atoms with van der Waals surface area (Å²) >= 11 is 0. The van der Waals surface area contributed by atoms with E-state index >= 15 is 0 Å². The molecule has 0 unspecified atom stereocenters. The minimum Gasteiger partial charge on any atom is -0.466 e. The number of benzene rings is 1. The topological polar surface area (TPSA) is 79.8 Å². The number of ether oxygens (including phenoxy) is 1. The molecule has 2 aliphatic heterocycles. The Labute approximate surface area is 194 Å². The van der Waals surface area contributed by atoms with Crippen LogP contribution >= 0.6 is 0 Å². The van der Waals surface area contributed by atoms with Gasteiger partial charge in [0.05, 0.1) is 18.2 Å². The molecule has 7 heteroatoms. The number of nitrogens with zero attached hydrogens (tertiary/aromatic N) is 3. The van der Waals surface area contributed by atoms with Crippen LogP contribution in [-0.2, 0) is 14.3 Å². The Morgan fingerprint density at radius 1 is 0.970 bits per heavy atom. The van der Waals surface area contributed by atoms with Gasteiger partial charge in [0.15, 0.2) is 0 Å². The summed E-state index contributed by atoms with van der Waals surface area (Å²) in [6, 6.07) is 13.4. The molecule has 2 fully saturated rings. The van der Waals surface area contributed by atoms with E-state index in [2.05, 4.69) is 4.98 Å². The van der Waals surface area contributed by atoms with Crippen LogP contribution in [0.15, 0.2) is 48.7 Å². The highest BCUT2D eigenvalue weighted by Crippen LogP contribution is 2.26. The Balaban J connectivity index is 1.34. The summed E-state index contributed by atoms with van der Waals surface area (Å²) in [5, 5.41) is 0. The highest BCUT2D eigenvalue weighted by atomic mass is 16.5. The maximum atomic E-state index is 13.1. The van der Waals surface area contributed by atoms with Crippen molar-refractivity contribution in [2.75, 3.05) is 32.8 Å². The zero-order chi connectivity index (χ0) is 23.2. The van der Waals surface area contributed by atoms with Gasteiger partial charge >= 0.3 is 5.97 Å². The van der Waals surface area contributed by atoms with Gasteiger partial charge in [0.1, 0.15) is 0 Å². The molecule has 0 aliphatic carbocycles. The van der Waals surface area contributed by atoms with Crippen LogP contribution in [-0.4, -0.2) is 65.4 Å². The largest absolute Gasteiger partial charge is 0.466 e. The van der Waals surface area contributed by atoms with Crippen molar-refractivity contribution in [1.29, 1.82) is 0 Å². The molecule has 1 aromatic heterocycles. The van der Waals surface area contributed by atoms with E-state index in [0.717, 1.165) is 24.1 Å². The van der Waals surface area contributed by atoms with Gasteiger partial charge in [-0.1, -0.05) is 30.3 Å². The van der Waals surface area contributed by atoms with Gasteiger partial charge in [0, 0.05) is 49.4 Å². The van der Waals surface area contributed by atoms with E-state index in [-0.39, 0.29) is 29.6 Å². The second kappa shape index (κ2) is 10.6. The van der Waals surface area contributed by atoms with Crippen LogP contribution < -0.4 is 0 Å². The first kappa shape index (κ1) is 23.0. The van der Waals surface area contributed by atoms with E-state index in [1.54, 1.807) is 19.2 Å². The Kier molecular flexibility index (Phi) is 7.37. The van der Waals surface area contributed by atoms with Crippen LogP contribution in [0.1, 0.15) is 43.0 Å². The van der Waals surface area contributed by atoms with E-state index in [0.29, 0.717) is 51.2 Å². The fourth-order valence-corrected chi connectivity index (χ4v) is 4.73. The molecule has 3 heterocycles. The average molecular weight is 450 g/mol. The van der Waals surface area contributed by atoms with Gasteiger partial charge in [0.25, 0.3) is 5.91 Å². The van der Waals surface area contributed by atoms with Crippen molar-refractivity contribution in [3.63, 3.8) is 0 Å². The molecule has 0 bridgehead atoms. The van der Waals surface area contributed by atoms with Gasteiger partial charge in [-0.25, -0.2) is 0 Å². The molecule has 1 aromatic carbocycles. The highest BCUT2D eigenvalue weighted by molar-refractivity contribution is 5.95. The third-order valence-corrected chi connectivity index (χ3v) is 6.56. The summed E-state index contributed by atoms with van der Waals surface area (Å²) in [5.74, 6) is -0.461. The average Bonchev–Trinajstić information content (AvgIpc) is 2.89. The second-order valence-electron chi connectivity index (χ2n) is 8.74. The number of hydrogen-bond donors (Lipinski definition) is 0. The number of piperidine rings is 2. The minimum atomic E-state index is -0.227. The first-order valence-corrected chi connectivity index (χ1v) is 11.8. The number of amides is 2. The molecular formula is C26H31N3O4. The van der Waals surface area contributed by atoms with Gasteiger partial charge in [-0.15, -0.1) is 0 Å². The monoisotopic (exact) mass is 449 g/mol. The molecule has 2 saturated heterocycles. The number of carbonyl (C=O) groups is 3. The summed E-state index contributed by atoms with van der Waals surface area (Å²) in [7, 11) is 0. The lowest BCUT2D eigenvalue weighted by atomic mass is 9.92. The molecule has 0 radical (unpaired) electrons. The summed E-state index contributed by atoms with van der Waals surface area (Å²) in [5.41, 5.74) is 2.36. The first-order valence-electron chi connectivity index (χ1n) is 11.8. The molecule has 2 amide bonds. The van der Waals surface area contributed by atoms with Gasteiger partial charge in [-0.3, -0.25) is 19.4 Å². The maximum Gasteiger partial charge on any atom is 0.310 e. The zero-order valence-electron chi connectivity index (χ0n) is 19.1. The second-order valence-corrected chi connectivity index (χ2v) is 8.74.